The van der Waals surface area contributed by atoms with Gasteiger partial charge in [-0.1, -0.05) is 54.6 Å². The van der Waals surface area contributed by atoms with Gasteiger partial charge in [-0.25, -0.2) is 0 Å². The minimum absolute atomic E-state index is 0.0156. The Morgan fingerprint density at radius 2 is 1.66 bits per heavy atom. The average molecular weight is 392 g/mol. The number of aryl methyl sites for hydroxylation is 1. The fraction of sp³-hybridized carbons (Fsp3) is 0.417. The van der Waals surface area contributed by atoms with Crippen molar-refractivity contribution in [2.75, 3.05) is 32.7 Å². The molecular formula is C24H29N3O2. The maximum absolute atomic E-state index is 12.7. The summed E-state index contributed by atoms with van der Waals surface area (Å²) in [6.07, 6.45) is 2.91. The third-order valence-corrected chi connectivity index (χ3v) is 6.07. The lowest BCUT2D eigenvalue weighted by molar-refractivity contribution is -0.134. The van der Waals surface area contributed by atoms with E-state index in [0.717, 1.165) is 44.5 Å². The van der Waals surface area contributed by atoms with E-state index in [4.69, 9.17) is 0 Å². The van der Waals surface area contributed by atoms with E-state index in [1.807, 2.05) is 29.2 Å². The number of fused-ring (bicyclic) bond motifs is 1. The van der Waals surface area contributed by atoms with E-state index < -0.39 is 0 Å². The van der Waals surface area contributed by atoms with Crippen LogP contribution in [0.3, 0.4) is 0 Å². The van der Waals surface area contributed by atoms with Crippen molar-refractivity contribution in [3.63, 3.8) is 0 Å². The van der Waals surface area contributed by atoms with Gasteiger partial charge in [0, 0.05) is 32.7 Å². The van der Waals surface area contributed by atoms with Gasteiger partial charge < -0.3 is 10.2 Å². The summed E-state index contributed by atoms with van der Waals surface area (Å²) in [5, 5.41) is 2.90. The van der Waals surface area contributed by atoms with Gasteiger partial charge in [0.2, 0.25) is 11.8 Å². The Morgan fingerprint density at radius 3 is 2.45 bits per heavy atom. The highest BCUT2D eigenvalue weighted by atomic mass is 16.2. The predicted molar refractivity (Wildman–Crippen MR) is 113 cm³/mol. The molecule has 0 bridgehead atoms. The monoisotopic (exact) mass is 391 g/mol. The van der Waals surface area contributed by atoms with Crippen molar-refractivity contribution >= 4 is 11.8 Å². The van der Waals surface area contributed by atoms with Crippen LogP contribution in [-0.4, -0.2) is 54.3 Å². The molecule has 2 aromatic rings. The Bertz CT molecular complexity index is 844. The molecular weight excluding hydrogens is 362 g/mol. The van der Waals surface area contributed by atoms with Gasteiger partial charge in [-0.2, -0.15) is 0 Å². The van der Waals surface area contributed by atoms with Crippen LogP contribution in [0.1, 0.15) is 35.4 Å². The van der Waals surface area contributed by atoms with Crippen molar-refractivity contribution in [2.45, 2.75) is 31.7 Å². The van der Waals surface area contributed by atoms with Gasteiger partial charge in [-0.3, -0.25) is 14.5 Å². The zero-order valence-electron chi connectivity index (χ0n) is 16.8. The topological polar surface area (TPSA) is 52.7 Å². The van der Waals surface area contributed by atoms with Crippen molar-refractivity contribution in [1.29, 1.82) is 0 Å². The molecule has 0 saturated carbocycles. The van der Waals surface area contributed by atoms with Gasteiger partial charge in [0.1, 0.15) is 0 Å². The van der Waals surface area contributed by atoms with Crippen LogP contribution in [0.15, 0.2) is 54.6 Å². The number of hydrogen-bond donors (Lipinski definition) is 1. The van der Waals surface area contributed by atoms with Crippen LogP contribution in [0.25, 0.3) is 0 Å². The Hall–Kier alpha value is -2.66. The van der Waals surface area contributed by atoms with Crippen LogP contribution >= 0.6 is 0 Å². The maximum atomic E-state index is 12.7. The molecule has 0 spiro atoms. The first-order chi connectivity index (χ1) is 14.2. The Balaban J connectivity index is 1.24. The molecule has 0 radical (unpaired) electrons. The van der Waals surface area contributed by atoms with E-state index in [1.54, 1.807) is 0 Å². The number of benzene rings is 2. The molecule has 1 fully saturated rings. The largest absolute Gasteiger partial charge is 0.347 e. The summed E-state index contributed by atoms with van der Waals surface area (Å²) in [7, 11) is 0. The summed E-state index contributed by atoms with van der Waals surface area (Å²) < 4.78 is 0. The third-order valence-electron chi connectivity index (χ3n) is 6.07. The van der Waals surface area contributed by atoms with E-state index in [0.29, 0.717) is 13.1 Å². The molecule has 2 aliphatic rings. The first kappa shape index (κ1) is 19.6. The fourth-order valence-corrected chi connectivity index (χ4v) is 4.42. The summed E-state index contributed by atoms with van der Waals surface area (Å²) in [6.45, 7) is 4.17. The van der Waals surface area contributed by atoms with Gasteiger partial charge in [0.15, 0.2) is 0 Å². The minimum atomic E-state index is -0.129. The second-order valence-electron chi connectivity index (χ2n) is 8.00. The van der Waals surface area contributed by atoms with Crippen LogP contribution in [0, 0.1) is 0 Å². The molecule has 5 heteroatoms. The van der Waals surface area contributed by atoms with E-state index in [1.165, 1.54) is 11.1 Å². The van der Waals surface area contributed by atoms with Gasteiger partial charge in [0.05, 0.1) is 12.5 Å². The summed E-state index contributed by atoms with van der Waals surface area (Å²) in [5.74, 6) is -0.134. The number of carbonyl (C=O) groups is 2. The molecule has 1 N–H and O–H groups in total. The predicted octanol–water partition coefficient (Wildman–Crippen LogP) is 2.57. The lowest BCUT2D eigenvalue weighted by Crippen LogP contribution is -2.51. The van der Waals surface area contributed by atoms with E-state index in [9.17, 15) is 9.59 Å². The second kappa shape index (κ2) is 9.23. The van der Waals surface area contributed by atoms with Gasteiger partial charge in [-0.15, -0.1) is 0 Å². The normalized spacial score (nSPS) is 19.4. The van der Waals surface area contributed by atoms with Crippen molar-refractivity contribution in [3.05, 3.63) is 71.3 Å². The molecule has 1 aliphatic heterocycles. The molecule has 4 rings (SSSR count). The number of nitrogens with one attached hydrogen (secondary N) is 1. The van der Waals surface area contributed by atoms with Crippen LogP contribution in [0.5, 0.6) is 0 Å². The molecule has 5 nitrogen and oxygen atoms in total. The van der Waals surface area contributed by atoms with Crippen LogP contribution in [0.4, 0.5) is 0 Å². The standard InChI is InChI=1S/C24H29N3O2/c28-23(27-15-13-26(14-16-27)18-19-7-2-1-3-8-19)17-25-24(29)22-12-6-10-20-9-4-5-11-21(20)22/h1-5,7-9,11,22H,6,10,12-18H2,(H,25,29). The molecule has 0 aromatic heterocycles. The lowest BCUT2D eigenvalue weighted by atomic mass is 9.82. The molecule has 1 heterocycles. The molecule has 1 aliphatic carbocycles. The quantitative estimate of drug-likeness (QED) is 0.852. The summed E-state index contributed by atoms with van der Waals surface area (Å²) >= 11 is 0. The van der Waals surface area contributed by atoms with Crippen molar-refractivity contribution in [3.8, 4) is 0 Å². The number of rotatable bonds is 5. The molecule has 152 valence electrons. The number of hydrogen-bond acceptors (Lipinski definition) is 3. The van der Waals surface area contributed by atoms with Gasteiger partial charge in [0.25, 0.3) is 0 Å². The van der Waals surface area contributed by atoms with Gasteiger partial charge >= 0.3 is 0 Å². The highest BCUT2D eigenvalue weighted by Gasteiger charge is 2.27. The number of amides is 2. The van der Waals surface area contributed by atoms with E-state index in [2.05, 4.69) is 40.5 Å². The average Bonchev–Trinajstić information content (AvgIpc) is 2.78. The zero-order chi connectivity index (χ0) is 20.1. The van der Waals surface area contributed by atoms with E-state index >= 15 is 0 Å². The van der Waals surface area contributed by atoms with Crippen molar-refractivity contribution in [2.24, 2.45) is 0 Å². The zero-order valence-corrected chi connectivity index (χ0v) is 16.8. The Labute approximate surface area is 172 Å². The van der Waals surface area contributed by atoms with Gasteiger partial charge in [-0.05, 0) is 36.0 Å². The smallest absolute Gasteiger partial charge is 0.242 e. The molecule has 1 unspecified atom stereocenters. The maximum Gasteiger partial charge on any atom is 0.242 e. The third kappa shape index (κ3) is 4.85. The highest BCUT2D eigenvalue weighted by molar-refractivity contribution is 5.89. The molecule has 1 atom stereocenters. The van der Waals surface area contributed by atoms with Crippen molar-refractivity contribution < 1.29 is 9.59 Å². The molecule has 1 saturated heterocycles. The first-order valence-electron chi connectivity index (χ1n) is 10.6. The summed E-state index contributed by atoms with van der Waals surface area (Å²) in [6, 6.07) is 18.6. The van der Waals surface area contributed by atoms with Crippen LogP contribution in [0.2, 0.25) is 0 Å². The minimum Gasteiger partial charge on any atom is -0.347 e. The summed E-state index contributed by atoms with van der Waals surface area (Å²) in [4.78, 5) is 29.5. The molecule has 2 amide bonds. The number of piperazine rings is 1. The molecule has 29 heavy (non-hydrogen) atoms. The fourth-order valence-electron chi connectivity index (χ4n) is 4.42. The SMILES string of the molecule is O=C(NCC(=O)N1CCN(Cc2ccccc2)CC1)C1CCCc2ccccc21. The highest BCUT2D eigenvalue weighted by Crippen LogP contribution is 2.31. The molecule has 2 aromatic carbocycles. The number of carbonyl (C=O) groups excluding carboxylic acids is 2. The number of nitrogens with zero attached hydrogens (tertiary/aromatic N) is 2. The first-order valence-corrected chi connectivity index (χ1v) is 10.6. The lowest BCUT2D eigenvalue weighted by Gasteiger charge is -2.35. The van der Waals surface area contributed by atoms with E-state index in [-0.39, 0.29) is 24.3 Å². The second-order valence-corrected chi connectivity index (χ2v) is 8.00. The Morgan fingerprint density at radius 1 is 0.931 bits per heavy atom. The summed E-state index contributed by atoms with van der Waals surface area (Å²) in [5.41, 5.74) is 3.69. The van der Waals surface area contributed by atoms with Crippen LogP contribution < -0.4 is 5.32 Å². The van der Waals surface area contributed by atoms with Crippen molar-refractivity contribution in [1.82, 2.24) is 15.1 Å². The van der Waals surface area contributed by atoms with Crippen LogP contribution in [-0.2, 0) is 22.6 Å². The Kier molecular flexibility index (Phi) is 6.25.